The molecule has 2 aromatic rings. The Morgan fingerprint density at radius 2 is 1.88 bits per heavy atom. The Bertz CT molecular complexity index is 809. The zero-order valence-electron chi connectivity index (χ0n) is 14.7. The van der Waals surface area contributed by atoms with Crippen molar-refractivity contribution >= 4 is 35.4 Å². The first-order chi connectivity index (χ1) is 12.4. The number of benzene rings is 2. The first-order valence-corrected chi connectivity index (χ1v) is 8.19. The molecule has 0 aliphatic heterocycles. The van der Waals surface area contributed by atoms with Crippen molar-refractivity contribution in [2.75, 3.05) is 19.0 Å². The molecule has 0 atom stereocenters. The Balaban J connectivity index is 1.86. The molecule has 0 unspecified atom stereocenters. The van der Waals surface area contributed by atoms with Crippen LogP contribution in [0.3, 0.4) is 0 Å². The molecular weight excluding hydrogens is 356 g/mol. The van der Waals surface area contributed by atoms with Crippen LogP contribution < -0.4 is 5.32 Å². The van der Waals surface area contributed by atoms with Crippen LogP contribution in [-0.2, 0) is 14.4 Å². The number of anilines is 1. The monoisotopic (exact) mass is 374 g/mol. The molecule has 0 aromatic heterocycles. The van der Waals surface area contributed by atoms with Crippen molar-refractivity contribution in [2.24, 2.45) is 5.16 Å². The molecule has 0 fully saturated rings. The second kappa shape index (κ2) is 9.01. The quantitative estimate of drug-likeness (QED) is 0.474. The van der Waals surface area contributed by atoms with Gasteiger partial charge in [-0.3, -0.25) is 4.79 Å². The smallest absolute Gasteiger partial charge is 0.337 e. The Morgan fingerprint density at radius 1 is 1.19 bits per heavy atom. The summed E-state index contributed by atoms with van der Waals surface area (Å²) in [5.41, 5.74) is 3.61. The van der Waals surface area contributed by atoms with Gasteiger partial charge in [-0.15, -0.1) is 0 Å². The van der Waals surface area contributed by atoms with Crippen LogP contribution >= 0.6 is 11.6 Å². The third-order valence-electron chi connectivity index (χ3n) is 3.50. The molecule has 0 aliphatic carbocycles. The van der Waals surface area contributed by atoms with E-state index >= 15 is 0 Å². The van der Waals surface area contributed by atoms with Crippen LogP contribution in [0, 0.1) is 13.8 Å². The first-order valence-electron chi connectivity index (χ1n) is 7.81. The van der Waals surface area contributed by atoms with E-state index in [0.717, 1.165) is 16.7 Å². The molecule has 1 amide bonds. The van der Waals surface area contributed by atoms with Crippen LogP contribution in [0.4, 0.5) is 5.69 Å². The summed E-state index contributed by atoms with van der Waals surface area (Å²) < 4.78 is 4.62. The zero-order chi connectivity index (χ0) is 19.1. The number of oxime groups is 1. The predicted molar refractivity (Wildman–Crippen MR) is 101 cm³/mol. The van der Waals surface area contributed by atoms with E-state index in [0.29, 0.717) is 16.3 Å². The first kappa shape index (κ1) is 19.5. The van der Waals surface area contributed by atoms with Gasteiger partial charge in [-0.1, -0.05) is 35.0 Å². The third kappa shape index (κ3) is 5.32. The highest BCUT2D eigenvalue weighted by Gasteiger charge is 2.10. The van der Waals surface area contributed by atoms with Gasteiger partial charge < -0.3 is 14.9 Å². The van der Waals surface area contributed by atoms with Crippen molar-refractivity contribution in [3.8, 4) is 0 Å². The van der Waals surface area contributed by atoms with Gasteiger partial charge in [-0.05, 0) is 48.7 Å². The summed E-state index contributed by atoms with van der Waals surface area (Å²) in [6.07, 6.45) is 1.44. The maximum atomic E-state index is 11.9. The maximum Gasteiger partial charge on any atom is 0.337 e. The molecule has 26 heavy (non-hydrogen) atoms. The molecule has 6 nitrogen and oxygen atoms in total. The minimum Gasteiger partial charge on any atom is -0.465 e. The van der Waals surface area contributed by atoms with Crippen molar-refractivity contribution in [1.29, 1.82) is 0 Å². The van der Waals surface area contributed by atoms with Crippen molar-refractivity contribution in [1.82, 2.24) is 0 Å². The van der Waals surface area contributed by atoms with E-state index in [9.17, 15) is 9.59 Å². The summed E-state index contributed by atoms with van der Waals surface area (Å²) in [4.78, 5) is 28.3. The lowest BCUT2D eigenvalue weighted by Crippen LogP contribution is -2.18. The highest BCUT2D eigenvalue weighted by atomic mass is 35.5. The van der Waals surface area contributed by atoms with Crippen molar-refractivity contribution < 1.29 is 19.2 Å². The van der Waals surface area contributed by atoms with Gasteiger partial charge in [0.25, 0.3) is 5.91 Å². The number of hydrogen-bond donors (Lipinski definition) is 1. The van der Waals surface area contributed by atoms with E-state index in [1.165, 1.54) is 13.3 Å². The SMILES string of the molecule is COC(=O)c1ccc(/C=N/OCC(=O)Nc2c(C)cc(C)cc2Cl)cc1. The number of methoxy groups -OCH3 is 1. The number of carbonyl (C=O) groups excluding carboxylic acids is 2. The van der Waals surface area contributed by atoms with Gasteiger partial charge in [-0.2, -0.15) is 0 Å². The molecule has 0 saturated heterocycles. The molecule has 2 aromatic carbocycles. The van der Waals surface area contributed by atoms with Gasteiger partial charge in [0.2, 0.25) is 0 Å². The number of nitrogens with zero attached hydrogens (tertiary/aromatic N) is 1. The summed E-state index contributed by atoms with van der Waals surface area (Å²) in [5.74, 6) is -0.775. The minimum absolute atomic E-state index is 0.250. The lowest BCUT2D eigenvalue weighted by molar-refractivity contribution is -0.120. The lowest BCUT2D eigenvalue weighted by atomic mass is 10.1. The minimum atomic E-state index is -0.411. The summed E-state index contributed by atoms with van der Waals surface area (Å²) in [6, 6.07) is 10.3. The fourth-order valence-electron chi connectivity index (χ4n) is 2.27. The van der Waals surface area contributed by atoms with Gasteiger partial charge in [-0.25, -0.2) is 4.79 Å². The van der Waals surface area contributed by atoms with Gasteiger partial charge in [0.1, 0.15) is 0 Å². The van der Waals surface area contributed by atoms with Crippen molar-refractivity contribution in [3.63, 3.8) is 0 Å². The third-order valence-corrected chi connectivity index (χ3v) is 3.80. The van der Waals surface area contributed by atoms with Crippen LogP contribution in [0.1, 0.15) is 27.0 Å². The number of rotatable bonds is 6. The van der Waals surface area contributed by atoms with Gasteiger partial charge in [0.15, 0.2) is 6.61 Å². The maximum absolute atomic E-state index is 11.9. The van der Waals surface area contributed by atoms with Crippen molar-refractivity contribution in [3.05, 3.63) is 63.7 Å². The number of esters is 1. The zero-order valence-corrected chi connectivity index (χ0v) is 15.5. The fraction of sp³-hybridized carbons (Fsp3) is 0.211. The number of hydrogen-bond acceptors (Lipinski definition) is 5. The molecule has 7 heteroatoms. The van der Waals surface area contributed by atoms with E-state index in [4.69, 9.17) is 16.4 Å². The molecule has 0 heterocycles. The average Bonchev–Trinajstić information content (AvgIpc) is 2.61. The van der Waals surface area contributed by atoms with E-state index in [1.807, 2.05) is 19.9 Å². The summed E-state index contributed by atoms with van der Waals surface area (Å²) in [5, 5.41) is 6.93. The summed E-state index contributed by atoms with van der Waals surface area (Å²) in [6.45, 7) is 3.55. The Labute approximate surface area is 156 Å². The van der Waals surface area contributed by atoms with Crippen LogP contribution in [0.5, 0.6) is 0 Å². The standard InChI is InChI=1S/C19H19ClN2O4/c1-12-8-13(2)18(16(20)9-12)22-17(23)11-26-21-10-14-4-6-15(7-5-14)19(24)25-3/h4-10H,11H2,1-3H3,(H,22,23)/b21-10+. The van der Waals surface area contributed by atoms with Crippen LogP contribution in [0.15, 0.2) is 41.6 Å². The number of ether oxygens (including phenoxy) is 1. The van der Waals surface area contributed by atoms with E-state index in [-0.39, 0.29) is 12.5 Å². The van der Waals surface area contributed by atoms with Gasteiger partial charge in [0.05, 0.1) is 29.6 Å². The molecule has 0 saturated carbocycles. The molecule has 0 radical (unpaired) electrons. The normalized spacial score (nSPS) is 10.6. The summed E-state index contributed by atoms with van der Waals surface area (Å²) >= 11 is 6.15. The van der Waals surface area contributed by atoms with Crippen LogP contribution in [-0.4, -0.2) is 31.8 Å². The highest BCUT2D eigenvalue weighted by Crippen LogP contribution is 2.27. The average molecular weight is 375 g/mol. The molecule has 0 bridgehead atoms. The Kier molecular flexibility index (Phi) is 6.74. The summed E-state index contributed by atoms with van der Waals surface area (Å²) in [7, 11) is 1.32. The number of carbonyl (C=O) groups is 2. The molecule has 2 rings (SSSR count). The Hall–Kier alpha value is -2.86. The van der Waals surface area contributed by atoms with E-state index in [1.54, 1.807) is 30.3 Å². The largest absolute Gasteiger partial charge is 0.465 e. The second-order valence-corrected chi connectivity index (χ2v) is 6.02. The number of aryl methyl sites for hydroxylation is 2. The lowest BCUT2D eigenvalue weighted by Gasteiger charge is -2.11. The molecule has 0 aliphatic rings. The molecule has 136 valence electrons. The van der Waals surface area contributed by atoms with Crippen molar-refractivity contribution in [2.45, 2.75) is 13.8 Å². The number of nitrogens with one attached hydrogen (secondary N) is 1. The number of halogens is 1. The highest BCUT2D eigenvalue weighted by molar-refractivity contribution is 6.34. The molecule has 0 spiro atoms. The van der Waals surface area contributed by atoms with Gasteiger partial charge >= 0.3 is 5.97 Å². The molecule has 1 N–H and O–H groups in total. The molecular formula is C19H19ClN2O4. The van der Waals surface area contributed by atoms with Crippen LogP contribution in [0.2, 0.25) is 5.02 Å². The topological polar surface area (TPSA) is 77.0 Å². The predicted octanol–water partition coefficient (Wildman–Crippen LogP) is 3.73. The Morgan fingerprint density at radius 3 is 2.50 bits per heavy atom. The van der Waals surface area contributed by atoms with E-state index < -0.39 is 5.97 Å². The second-order valence-electron chi connectivity index (χ2n) is 5.61. The van der Waals surface area contributed by atoms with Gasteiger partial charge in [0, 0.05) is 0 Å². The number of amides is 1. The fourth-order valence-corrected chi connectivity index (χ4v) is 2.64. The van der Waals surface area contributed by atoms with E-state index in [2.05, 4.69) is 15.2 Å². The van der Waals surface area contributed by atoms with Crippen LogP contribution in [0.25, 0.3) is 0 Å².